The summed E-state index contributed by atoms with van der Waals surface area (Å²) in [6, 6.07) is 11.7. The van der Waals surface area contributed by atoms with Gasteiger partial charge in [0.1, 0.15) is 6.61 Å². The summed E-state index contributed by atoms with van der Waals surface area (Å²) in [4.78, 5) is 0. The van der Waals surface area contributed by atoms with E-state index in [0.29, 0.717) is 6.61 Å². The van der Waals surface area contributed by atoms with Crippen LogP contribution in [0.25, 0.3) is 0 Å². The number of halogens is 2. The van der Waals surface area contributed by atoms with Gasteiger partial charge in [-0.1, -0.05) is 78.7 Å². The maximum absolute atomic E-state index is 5.96. The lowest BCUT2D eigenvalue weighted by Crippen LogP contribution is -2.15. The number of unbranched alkanes of at least 4 members (excludes halogenated alkanes) is 5. The first kappa shape index (κ1) is 23.1. The number of rotatable bonds is 13. The minimum Gasteiger partial charge on any atom is -0.493 e. The third kappa shape index (κ3) is 8.02. The predicted octanol–water partition coefficient (Wildman–Crippen LogP) is 7.14. The van der Waals surface area contributed by atoms with E-state index < -0.39 is 0 Å². The van der Waals surface area contributed by atoms with Gasteiger partial charge in [0.2, 0.25) is 0 Å². The van der Waals surface area contributed by atoms with Crippen LogP contribution in [0.1, 0.15) is 56.6 Å². The summed E-state index contributed by atoms with van der Waals surface area (Å²) in [5.74, 6) is 1.47. The standard InChI is InChI=1S/C23H31BrClNO2/c1-3-4-5-6-7-8-13-26-16-19-14-22(27-2)23(15-21(19)24)28-17-18-9-11-20(25)12-10-18/h9-12,14-15,26H,3-8,13,16-17H2,1-2H3. The SMILES string of the molecule is CCCCCCCCNCc1cc(OC)c(OCc2ccc(Cl)cc2)cc1Br. The molecule has 0 saturated heterocycles. The van der Waals surface area contributed by atoms with Crippen LogP contribution in [0.15, 0.2) is 40.9 Å². The van der Waals surface area contributed by atoms with E-state index in [1.54, 1.807) is 7.11 Å². The number of hydrogen-bond donors (Lipinski definition) is 1. The summed E-state index contributed by atoms with van der Waals surface area (Å²) < 4.78 is 12.5. The van der Waals surface area contributed by atoms with Crippen LogP contribution in [0.5, 0.6) is 11.5 Å². The molecular formula is C23H31BrClNO2. The molecule has 28 heavy (non-hydrogen) atoms. The lowest BCUT2D eigenvalue weighted by atomic mass is 10.1. The smallest absolute Gasteiger partial charge is 0.162 e. The highest BCUT2D eigenvalue weighted by Crippen LogP contribution is 2.34. The molecule has 0 spiro atoms. The third-order valence-corrected chi connectivity index (χ3v) is 5.65. The highest BCUT2D eigenvalue weighted by Gasteiger charge is 2.10. The molecule has 5 heteroatoms. The summed E-state index contributed by atoms with van der Waals surface area (Å²) in [6.07, 6.45) is 7.87. The first-order valence-electron chi connectivity index (χ1n) is 10.1. The zero-order valence-electron chi connectivity index (χ0n) is 16.9. The molecule has 0 aromatic heterocycles. The van der Waals surface area contributed by atoms with Crippen LogP contribution in [-0.2, 0) is 13.2 Å². The van der Waals surface area contributed by atoms with Crippen molar-refractivity contribution in [3.8, 4) is 11.5 Å². The fraction of sp³-hybridized carbons (Fsp3) is 0.478. The summed E-state index contributed by atoms with van der Waals surface area (Å²) in [5.41, 5.74) is 2.23. The second kappa shape index (κ2) is 13.1. The Morgan fingerprint density at radius 1 is 0.964 bits per heavy atom. The van der Waals surface area contributed by atoms with Crippen LogP contribution in [-0.4, -0.2) is 13.7 Å². The van der Waals surface area contributed by atoms with E-state index in [2.05, 4.69) is 28.2 Å². The maximum Gasteiger partial charge on any atom is 0.162 e. The quantitative estimate of drug-likeness (QED) is 0.317. The van der Waals surface area contributed by atoms with E-state index in [4.69, 9.17) is 21.1 Å². The Kier molecular flexibility index (Phi) is 10.8. The number of hydrogen-bond acceptors (Lipinski definition) is 3. The molecule has 154 valence electrons. The molecule has 0 aliphatic rings. The molecule has 0 fully saturated rings. The molecule has 0 saturated carbocycles. The van der Waals surface area contributed by atoms with Crippen molar-refractivity contribution in [2.45, 2.75) is 58.6 Å². The van der Waals surface area contributed by atoms with Gasteiger partial charge in [-0.15, -0.1) is 0 Å². The highest BCUT2D eigenvalue weighted by atomic mass is 79.9. The first-order chi connectivity index (χ1) is 13.6. The van der Waals surface area contributed by atoms with Crippen molar-refractivity contribution >= 4 is 27.5 Å². The summed E-state index contributed by atoms with van der Waals surface area (Å²) >= 11 is 9.60. The zero-order valence-corrected chi connectivity index (χ0v) is 19.2. The lowest BCUT2D eigenvalue weighted by Gasteiger charge is -2.14. The van der Waals surface area contributed by atoms with Crippen molar-refractivity contribution in [3.05, 3.63) is 57.0 Å². The van der Waals surface area contributed by atoms with E-state index in [9.17, 15) is 0 Å². The fourth-order valence-corrected chi connectivity index (χ4v) is 3.57. The largest absolute Gasteiger partial charge is 0.493 e. The lowest BCUT2D eigenvalue weighted by molar-refractivity contribution is 0.284. The van der Waals surface area contributed by atoms with E-state index in [1.807, 2.05) is 36.4 Å². The summed E-state index contributed by atoms with van der Waals surface area (Å²) in [6.45, 7) is 4.57. The minimum absolute atomic E-state index is 0.468. The fourth-order valence-electron chi connectivity index (χ4n) is 2.98. The van der Waals surface area contributed by atoms with Crippen LogP contribution in [0.2, 0.25) is 5.02 Å². The Labute approximate surface area is 182 Å². The van der Waals surface area contributed by atoms with Crippen molar-refractivity contribution in [2.24, 2.45) is 0 Å². The highest BCUT2D eigenvalue weighted by molar-refractivity contribution is 9.10. The van der Waals surface area contributed by atoms with Crippen molar-refractivity contribution in [1.29, 1.82) is 0 Å². The molecular weight excluding hydrogens is 438 g/mol. The average Bonchev–Trinajstić information content (AvgIpc) is 2.70. The summed E-state index contributed by atoms with van der Waals surface area (Å²) in [7, 11) is 1.67. The maximum atomic E-state index is 5.96. The van der Waals surface area contributed by atoms with Gasteiger partial charge in [0, 0.05) is 16.0 Å². The van der Waals surface area contributed by atoms with Gasteiger partial charge in [-0.3, -0.25) is 0 Å². The van der Waals surface area contributed by atoms with Crippen LogP contribution in [0.3, 0.4) is 0 Å². The molecule has 0 unspecified atom stereocenters. The Morgan fingerprint density at radius 2 is 1.68 bits per heavy atom. The van der Waals surface area contributed by atoms with Crippen molar-refractivity contribution in [3.63, 3.8) is 0 Å². The Hall–Kier alpha value is -1.23. The molecule has 0 bridgehead atoms. The van der Waals surface area contributed by atoms with Crippen molar-refractivity contribution in [1.82, 2.24) is 5.32 Å². The van der Waals surface area contributed by atoms with Crippen molar-refractivity contribution < 1.29 is 9.47 Å². The number of methoxy groups -OCH3 is 1. The number of ether oxygens (including phenoxy) is 2. The van der Waals surface area contributed by atoms with Gasteiger partial charge in [0.25, 0.3) is 0 Å². The molecule has 0 aliphatic heterocycles. The van der Waals surface area contributed by atoms with Crippen LogP contribution >= 0.6 is 27.5 Å². The molecule has 0 heterocycles. The molecule has 0 radical (unpaired) electrons. The van der Waals surface area contributed by atoms with Crippen LogP contribution in [0, 0.1) is 0 Å². The minimum atomic E-state index is 0.468. The monoisotopic (exact) mass is 467 g/mol. The van der Waals surface area contributed by atoms with E-state index >= 15 is 0 Å². The van der Waals surface area contributed by atoms with Gasteiger partial charge in [0.05, 0.1) is 7.11 Å². The predicted molar refractivity (Wildman–Crippen MR) is 122 cm³/mol. The second-order valence-corrected chi connectivity index (χ2v) is 8.24. The molecule has 2 aromatic carbocycles. The van der Waals surface area contributed by atoms with E-state index in [1.165, 1.54) is 44.1 Å². The summed E-state index contributed by atoms with van der Waals surface area (Å²) in [5, 5.41) is 4.25. The van der Waals surface area contributed by atoms with Crippen LogP contribution in [0.4, 0.5) is 0 Å². The van der Waals surface area contributed by atoms with Gasteiger partial charge >= 0.3 is 0 Å². The number of benzene rings is 2. The Balaban J connectivity index is 1.83. The molecule has 2 rings (SSSR count). The van der Waals surface area contributed by atoms with E-state index in [0.717, 1.165) is 39.6 Å². The molecule has 0 aliphatic carbocycles. The molecule has 0 amide bonds. The van der Waals surface area contributed by atoms with Crippen LogP contribution < -0.4 is 14.8 Å². The van der Waals surface area contributed by atoms with Gasteiger partial charge < -0.3 is 14.8 Å². The molecule has 2 aromatic rings. The normalized spacial score (nSPS) is 10.9. The van der Waals surface area contributed by atoms with E-state index in [-0.39, 0.29) is 0 Å². The average molecular weight is 469 g/mol. The molecule has 0 atom stereocenters. The van der Waals surface area contributed by atoms with Crippen molar-refractivity contribution in [2.75, 3.05) is 13.7 Å². The third-order valence-electron chi connectivity index (χ3n) is 4.66. The topological polar surface area (TPSA) is 30.5 Å². The van der Waals surface area contributed by atoms with Gasteiger partial charge in [-0.05, 0) is 48.4 Å². The zero-order chi connectivity index (χ0) is 20.2. The Morgan fingerprint density at radius 3 is 2.39 bits per heavy atom. The Bertz CT molecular complexity index is 706. The van der Waals surface area contributed by atoms with Gasteiger partial charge in [-0.25, -0.2) is 0 Å². The first-order valence-corrected chi connectivity index (χ1v) is 11.3. The molecule has 1 N–H and O–H groups in total. The second-order valence-electron chi connectivity index (χ2n) is 6.95. The van der Waals surface area contributed by atoms with Gasteiger partial charge in [-0.2, -0.15) is 0 Å². The molecule has 3 nitrogen and oxygen atoms in total. The number of nitrogens with one attached hydrogen (secondary N) is 1. The van der Waals surface area contributed by atoms with Gasteiger partial charge in [0.15, 0.2) is 11.5 Å².